The van der Waals surface area contributed by atoms with Crippen LogP contribution in [0.2, 0.25) is 0 Å². The fourth-order valence-corrected chi connectivity index (χ4v) is 1.53. The maximum atomic E-state index is 13.1. The van der Waals surface area contributed by atoms with Crippen molar-refractivity contribution >= 4 is 5.69 Å². The summed E-state index contributed by atoms with van der Waals surface area (Å²) in [5.74, 6) is -1.93. The van der Waals surface area contributed by atoms with E-state index in [0.717, 1.165) is 6.07 Å². The van der Waals surface area contributed by atoms with E-state index in [-0.39, 0.29) is 22.9 Å². The molecule has 0 spiro atoms. The number of rotatable bonds is 2. The minimum absolute atomic E-state index is 0.0483. The summed E-state index contributed by atoms with van der Waals surface area (Å²) in [5, 5.41) is 8.88. The molecule has 0 atom stereocenters. The van der Waals surface area contributed by atoms with E-state index in [2.05, 4.69) is 4.98 Å². The van der Waals surface area contributed by atoms with Crippen LogP contribution in [0.15, 0.2) is 30.5 Å². The lowest BCUT2D eigenvalue weighted by Gasteiger charge is -2.11. The molecule has 0 unspecified atom stereocenters. The highest BCUT2D eigenvalue weighted by atomic mass is 19.4. The molecule has 2 rings (SSSR count). The van der Waals surface area contributed by atoms with Gasteiger partial charge in [0.1, 0.15) is 23.2 Å². The van der Waals surface area contributed by atoms with Crippen molar-refractivity contribution in [2.45, 2.75) is 6.18 Å². The highest BCUT2D eigenvalue weighted by Gasteiger charge is 2.34. The Kier molecular flexibility index (Phi) is 3.67. The molecule has 1 aromatic heterocycles. The van der Waals surface area contributed by atoms with Crippen LogP contribution in [0, 0.1) is 17.1 Å². The zero-order valence-corrected chi connectivity index (χ0v) is 10.3. The number of nitrogen functional groups attached to an aromatic ring is 1. The largest absolute Gasteiger partial charge is 0.438 e. The van der Waals surface area contributed by atoms with Crippen LogP contribution in [0.5, 0.6) is 11.6 Å². The normalized spacial score (nSPS) is 11.0. The van der Waals surface area contributed by atoms with E-state index in [1.54, 1.807) is 6.07 Å². The summed E-state index contributed by atoms with van der Waals surface area (Å²) in [6, 6.07) is 5.13. The minimum Gasteiger partial charge on any atom is -0.438 e. The molecule has 0 radical (unpaired) electrons. The van der Waals surface area contributed by atoms with Crippen LogP contribution in [-0.4, -0.2) is 4.98 Å². The summed E-state index contributed by atoms with van der Waals surface area (Å²) >= 11 is 0. The Morgan fingerprint density at radius 2 is 1.95 bits per heavy atom. The first-order valence-electron chi connectivity index (χ1n) is 5.51. The number of hydrogen-bond acceptors (Lipinski definition) is 4. The Morgan fingerprint density at radius 3 is 2.57 bits per heavy atom. The second-order valence-electron chi connectivity index (χ2n) is 3.97. The molecule has 2 aromatic rings. The van der Waals surface area contributed by atoms with Gasteiger partial charge in [-0.15, -0.1) is 0 Å². The van der Waals surface area contributed by atoms with Gasteiger partial charge in [-0.3, -0.25) is 0 Å². The zero-order valence-electron chi connectivity index (χ0n) is 10.3. The first-order chi connectivity index (χ1) is 9.81. The number of pyridine rings is 1. The molecule has 108 valence electrons. The Bertz CT molecular complexity index is 722. The summed E-state index contributed by atoms with van der Waals surface area (Å²) in [5.41, 5.74) is 4.12. The number of halogens is 4. The summed E-state index contributed by atoms with van der Waals surface area (Å²) in [6.07, 6.45) is -3.67. The highest BCUT2D eigenvalue weighted by molar-refractivity contribution is 5.49. The van der Waals surface area contributed by atoms with Crippen molar-refractivity contribution in [1.29, 1.82) is 5.26 Å². The van der Waals surface area contributed by atoms with E-state index in [4.69, 9.17) is 15.7 Å². The number of benzene rings is 1. The molecule has 0 bridgehead atoms. The average Bonchev–Trinajstić information content (AvgIpc) is 2.41. The Hall–Kier alpha value is -2.82. The smallest absolute Gasteiger partial charge is 0.419 e. The summed E-state index contributed by atoms with van der Waals surface area (Å²) in [7, 11) is 0. The van der Waals surface area contributed by atoms with Crippen molar-refractivity contribution in [3.05, 3.63) is 47.4 Å². The lowest BCUT2D eigenvalue weighted by atomic mass is 10.2. The fraction of sp³-hybridized carbons (Fsp3) is 0.0769. The van der Waals surface area contributed by atoms with E-state index in [1.165, 1.54) is 12.3 Å². The van der Waals surface area contributed by atoms with E-state index in [1.807, 2.05) is 0 Å². The van der Waals surface area contributed by atoms with Gasteiger partial charge in [0.25, 0.3) is 0 Å². The third-order valence-corrected chi connectivity index (χ3v) is 2.45. The van der Waals surface area contributed by atoms with Crippen molar-refractivity contribution < 1.29 is 22.3 Å². The molecule has 0 saturated carbocycles. The number of aromatic nitrogens is 1. The van der Waals surface area contributed by atoms with E-state index >= 15 is 0 Å². The second kappa shape index (κ2) is 5.28. The average molecular weight is 297 g/mol. The van der Waals surface area contributed by atoms with E-state index < -0.39 is 17.6 Å². The predicted octanol–water partition coefficient (Wildman–Crippen LogP) is 3.49. The quantitative estimate of drug-likeness (QED) is 0.861. The maximum absolute atomic E-state index is 13.1. The molecule has 0 aliphatic carbocycles. The monoisotopic (exact) mass is 297 g/mol. The van der Waals surface area contributed by atoms with Gasteiger partial charge >= 0.3 is 6.18 Å². The molecular formula is C13H7F4N3O. The number of nitriles is 1. The van der Waals surface area contributed by atoms with Crippen LogP contribution in [-0.2, 0) is 6.18 Å². The van der Waals surface area contributed by atoms with Crippen molar-refractivity contribution in [3.8, 4) is 17.7 Å². The molecule has 0 aliphatic heterocycles. The molecule has 2 N–H and O–H groups in total. The van der Waals surface area contributed by atoms with Crippen LogP contribution in [0.4, 0.5) is 23.2 Å². The number of nitrogens with two attached hydrogens (primary N) is 1. The Morgan fingerprint density at radius 1 is 1.24 bits per heavy atom. The number of alkyl halides is 3. The Labute approximate surface area is 116 Å². The maximum Gasteiger partial charge on any atom is 0.419 e. The van der Waals surface area contributed by atoms with Gasteiger partial charge in [-0.25, -0.2) is 9.37 Å². The molecule has 1 aromatic carbocycles. The standard InChI is InChI=1S/C13H7F4N3O/c14-11-2-1-9(4-10(11)13(15,16)17)21-12-7(5-18)3-8(19)6-20-12/h1-4,6H,19H2. The van der Waals surface area contributed by atoms with E-state index in [0.29, 0.717) is 12.1 Å². The van der Waals surface area contributed by atoms with Gasteiger partial charge in [0.15, 0.2) is 0 Å². The van der Waals surface area contributed by atoms with Crippen molar-refractivity contribution in [2.24, 2.45) is 0 Å². The third-order valence-electron chi connectivity index (χ3n) is 2.45. The van der Waals surface area contributed by atoms with Gasteiger partial charge in [-0.1, -0.05) is 0 Å². The zero-order chi connectivity index (χ0) is 15.6. The summed E-state index contributed by atoms with van der Waals surface area (Å²) < 4.78 is 56.0. The minimum atomic E-state index is -4.85. The molecule has 0 saturated heterocycles. The van der Waals surface area contributed by atoms with Crippen molar-refractivity contribution in [2.75, 3.05) is 5.73 Å². The van der Waals surface area contributed by atoms with Gasteiger partial charge in [-0.2, -0.15) is 18.4 Å². The topological polar surface area (TPSA) is 71.9 Å². The summed E-state index contributed by atoms with van der Waals surface area (Å²) in [4.78, 5) is 3.71. The van der Waals surface area contributed by atoms with Crippen LogP contribution in [0.25, 0.3) is 0 Å². The molecule has 4 nitrogen and oxygen atoms in total. The number of hydrogen-bond donors (Lipinski definition) is 1. The molecule has 21 heavy (non-hydrogen) atoms. The van der Waals surface area contributed by atoms with Crippen LogP contribution >= 0.6 is 0 Å². The lowest BCUT2D eigenvalue weighted by Crippen LogP contribution is -2.08. The molecule has 0 amide bonds. The second-order valence-corrected chi connectivity index (χ2v) is 3.97. The molecular weight excluding hydrogens is 290 g/mol. The van der Waals surface area contributed by atoms with Crippen LogP contribution in [0.1, 0.15) is 11.1 Å². The molecule has 1 heterocycles. The third kappa shape index (κ3) is 3.20. The van der Waals surface area contributed by atoms with Gasteiger partial charge < -0.3 is 10.5 Å². The Balaban J connectivity index is 2.40. The SMILES string of the molecule is N#Cc1cc(N)cnc1Oc1ccc(F)c(C(F)(F)F)c1. The highest BCUT2D eigenvalue weighted by Crippen LogP contribution is 2.35. The molecule has 0 fully saturated rings. The van der Waals surface area contributed by atoms with Gasteiger partial charge in [0.2, 0.25) is 5.88 Å². The van der Waals surface area contributed by atoms with Crippen molar-refractivity contribution in [3.63, 3.8) is 0 Å². The number of nitrogens with zero attached hydrogens (tertiary/aromatic N) is 2. The van der Waals surface area contributed by atoms with Gasteiger partial charge in [0.05, 0.1) is 17.4 Å². The van der Waals surface area contributed by atoms with Gasteiger partial charge in [0, 0.05) is 0 Å². The van der Waals surface area contributed by atoms with Gasteiger partial charge in [-0.05, 0) is 24.3 Å². The predicted molar refractivity (Wildman–Crippen MR) is 64.8 cm³/mol. The lowest BCUT2D eigenvalue weighted by molar-refractivity contribution is -0.140. The molecule has 0 aliphatic rings. The summed E-state index contributed by atoms with van der Waals surface area (Å²) in [6.45, 7) is 0. The van der Waals surface area contributed by atoms with Crippen molar-refractivity contribution in [1.82, 2.24) is 4.98 Å². The fourth-order valence-electron chi connectivity index (χ4n) is 1.53. The number of anilines is 1. The number of ether oxygens (including phenoxy) is 1. The van der Waals surface area contributed by atoms with Crippen LogP contribution < -0.4 is 10.5 Å². The van der Waals surface area contributed by atoms with E-state index in [9.17, 15) is 17.6 Å². The van der Waals surface area contributed by atoms with Crippen LogP contribution in [0.3, 0.4) is 0 Å². The first kappa shape index (κ1) is 14.6. The molecule has 8 heteroatoms. The first-order valence-corrected chi connectivity index (χ1v) is 5.51.